The second kappa shape index (κ2) is 9.83. The van der Waals surface area contributed by atoms with Gasteiger partial charge in [0.1, 0.15) is 6.61 Å². The average molecular weight is 387 g/mol. The van der Waals surface area contributed by atoms with Gasteiger partial charge >= 0.3 is 5.97 Å². The molecular weight excluding hydrogens is 356 g/mol. The molecule has 0 N–H and O–H groups in total. The van der Waals surface area contributed by atoms with Crippen molar-refractivity contribution in [1.82, 2.24) is 0 Å². The van der Waals surface area contributed by atoms with Crippen LogP contribution in [0, 0.1) is 0 Å². The van der Waals surface area contributed by atoms with E-state index >= 15 is 0 Å². The Labute approximate surface area is 163 Å². The minimum atomic E-state index is -2.50. The first-order valence-corrected chi connectivity index (χ1v) is 11.2. The number of benzene rings is 2. The molecule has 0 aliphatic carbocycles. The standard InChI is InChI=1S/C22H30O4Si/c1-19(23)25-17-15-24-16-18-26-27(22(2,3)4,20-11-7-5-8-12-20)21-13-9-6-10-14-21/h5-14H,15-18H2,1-4H3. The Morgan fingerprint density at radius 3 is 1.74 bits per heavy atom. The summed E-state index contributed by atoms with van der Waals surface area (Å²) in [5.41, 5.74) is 0. The fourth-order valence-corrected chi connectivity index (χ4v) is 7.91. The van der Waals surface area contributed by atoms with Crippen LogP contribution >= 0.6 is 0 Å². The van der Waals surface area contributed by atoms with Gasteiger partial charge in [-0.15, -0.1) is 0 Å². The molecule has 2 aromatic carbocycles. The van der Waals surface area contributed by atoms with Gasteiger partial charge in [-0.1, -0.05) is 81.4 Å². The Bertz CT molecular complexity index is 656. The molecule has 0 radical (unpaired) electrons. The summed E-state index contributed by atoms with van der Waals surface area (Å²) < 4.78 is 17.2. The molecule has 0 atom stereocenters. The third-order valence-corrected chi connectivity index (χ3v) is 9.54. The Morgan fingerprint density at radius 2 is 1.30 bits per heavy atom. The van der Waals surface area contributed by atoms with E-state index < -0.39 is 8.32 Å². The average Bonchev–Trinajstić information content (AvgIpc) is 2.64. The summed E-state index contributed by atoms with van der Waals surface area (Å²) in [5, 5.41) is 2.46. The first-order valence-electron chi connectivity index (χ1n) is 9.34. The quantitative estimate of drug-likeness (QED) is 0.377. The Kier molecular flexibility index (Phi) is 7.77. The van der Waals surface area contributed by atoms with Crippen LogP contribution in [0.15, 0.2) is 60.7 Å². The lowest BCUT2D eigenvalue weighted by atomic mass is 10.2. The van der Waals surface area contributed by atoms with Crippen LogP contribution in [0.1, 0.15) is 27.7 Å². The van der Waals surface area contributed by atoms with Crippen molar-refractivity contribution in [3.05, 3.63) is 60.7 Å². The van der Waals surface area contributed by atoms with E-state index in [0.717, 1.165) is 0 Å². The molecule has 4 nitrogen and oxygen atoms in total. The van der Waals surface area contributed by atoms with E-state index in [-0.39, 0.29) is 17.6 Å². The summed E-state index contributed by atoms with van der Waals surface area (Å²) in [6.07, 6.45) is 0. The van der Waals surface area contributed by atoms with Crippen molar-refractivity contribution in [1.29, 1.82) is 0 Å². The van der Waals surface area contributed by atoms with Gasteiger partial charge in [-0.05, 0) is 15.4 Å². The highest BCUT2D eigenvalue weighted by atomic mass is 28.4. The smallest absolute Gasteiger partial charge is 0.302 e. The minimum Gasteiger partial charge on any atom is -0.463 e. The SMILES string of the molecule is CC(=O)OCCOCCO[Si](c1ccccc1)(c1ccccc1)C(C)(C)C. The topological polar surface area (TPSA) is 44.8 Å². The first-order chi connectivity index (χ1) is 12.9. The van der Waals surface area contributed by atoms with Crippen LogP contribution in [0.3, 0.4) is 0 Å². The van der Waals surface area contributed by atoms with E-state index in [1.165, 1.54) is 17.3 Å². The van der Waals surface area contributed by atoms with Crippen LogP contribution in [-0.2, 0) is 18.7 Å². The van der Waals surface area contributed by atoms with Crippen molar-refractivity contribution in [3.63, 3.8) is 0 Å². The van der Waals surface area contributed by atoms with Gasteiger partial charge in [0.2, 0.25) is 0 Å². The Morgan fingerprint density at radius 1 is 0.815 bits per heavy atom. The molecule has 5 heteroatoms. The van der Waals surface area contributed by atoms with E-state index in [0.29, 0.717) is 19.8 Å². The second-order valence-corrected chi connectivity index (χ2v) is 11.8. The molecule has 0 fully saturated rings. The highest BCUT2D eigenvalue weighted by molar-refractivity contribution is 6.99. The van der Waals surface area contributed by atoms with Crippen molar-refractivity contribution >= 4 is 24.7 Å². The van der Waals surface area contributed by atoms with Crippen molar-refractivity contribution in [2.24, 2.45) is 0 Å². The van der Waals surface area contributed by atoms with Crippen LogP contribution in [0.5, 0.6) is 0 Å². The molecule has 0 aromatic heterocycles. The molecule has 0 saturated heterocycles. The van der Waals surface area contributed by atoms with Gasteiger partial charge in [0, 0.05) is 6.92 Å². The molecular formula is C22H30O4Si. The van der Waals surface area contributed by atoms with Crippen LogP contribution in [-0.4, -0.2) is 40.7 Å². The summed E-state index contributed by atoms with van der Waals surface area (Å²) in [5.74, 6) is -0.290. The second-order valence-electron chi connectivity index (χ2n) is 7.46. The highest BCUT2D eigenvalue weighted by Crippen LogP contribution is 2.36. The van der Waals surface area contributed by atoms with Gasteiger partial charge in [0.05, 0.1) is 19.8 Å². The number of rotatable bonds is 9. The van der Waals surface area contributed by atoms with E-state index in [1.54, 1.807) is 0 Å². The summed E-state index contributed by atoms with van der Waals surface area (Å²) in [6, 6.07) is 21.1. The minimum absolute atomic E-state index is 0.0482. The van der Waals surface area contributed by atoms with Gasteiger partial charge < -0.3 is 13.9 Å². The molecule has 0 spiro atoms. The molecule has 0 amide bonds. The predicted octanol–water partition coefficient (Wildman–Crippen LogP) is 3.14. The summed E-state index contributed by atoms with van der Waals surface area (Å²) in [4.78, 5) is 10.8. The lowest BCUT2D eigenvalue weighted by Crippen LogP contribution is -2.66. The number of carbonyl (C=O) groups is 1. The fourth-order valence-electron chi connectivity index (χ4n) is 3.36. The molecule has 0 heterocycles. The van der Waals surface area contributed by atoms with Crippen LogP contribution in [0.25, 0.3) is 0 Å². The zero-order valence-electron chi connectivity index (χ0n) is 16.7. The molecule has 0 aliphatic heterocycles. The van der Waals surface area contributed by atoms with Gasteiger partial charge in [0.25, 0.3) is 8.32 Å². The number of esters is 1. The molecule has 0 saturated carbocycles. The normalized spacial score (nSPS) is 12.0. The van der Waals surface area contributed by atoms with Crippen molar-refractivity contribution in [3.8, 4) is 0 Å². The van der Waals surface area contributed by atoms with Crippen molar-refractivity contribution in [2.75, 3.05) is 26.4 Å². The number of carbonyl (C=O) groups excluding carboxylic acids is 1. The molecule has 2 aromatic rings. The van der Waals surface area contributed by atoms with Crippen LogP contribution < -0.4 is 10.4 Å². The van der Waals surface area contributed by atoms with Crippen LogP contribution in [0.4, 0.5) is 0 Å². The molecule has 2 rings (SSSR count). The summed E-state index contributed by atoms with van der Waals surface area (Å²) in [7, 11) is -2.50. The zero-order valence-corrected chi connectivity index (χ0v) is 17.7. The lowest BCUT2D eigenvalue weighted by Gasteiger charge is -2.43. The van der Waals surface area contributed by atoms with Gasteiger partial charge in [0.15, 0.2) is 0 Å². The largest absolute Gasteiger partial charge is 0.463 e. The van der Waals surface area contributed by atoms with Gasteiger partial charge in [-0.3, -0.25) is 4.79 Å². The zero-order chi connectivity index (χ0) is 19.8. The molecule has 0 bridgehead atoms. The number of hydrogen-bond donors (Lipinski definition) is 0. The first kappa shape index (κ1) is 21.3. The van der Waals surface area contributed by atoms with E-state index in [2.05, 4.69) is 69.3 Å². The third-order valence-electron chi connectivity index (χ3n) is 4.50. The van der Waals surface area contributed by atoms with E-state index in [4.69, 9.17) is 13.9 Å². The Hall–Kier alpha value is -1.95. The predicted molar refractivity (Wildman–Crippen MR) is 111 cm³/mol. The lowest BCUT2D eigenvalue weighted by molar-refractivity contribution is -0.142. The fraction of sp³-hybridized carbons (Fsp3) is 0.409. The summed E-state index contributed by atoms with van der Waals surface area (Å²) in [6.45, 7) is 9.76. The maximum Gasteiger partial charge on any atom is 0.302 e. The van der Waals surface area contributed by atoms with Crippen LogP contribution in [0.2, 0.25) is 5.04 Å². The number of hydrogen-bond acceptors (Lipinski definition) is 4. The van der Waals surface area contributed by atoms with Gasteiger partial charge in [-0.2, -0.15) is 0 Å². The van der Waals surface area contributed by atoms with Crippen molar-refractivity contribution < 1.29 is 18.7 Å². The molecule has 0 aliphatic rings. The maximum absolute atomic E-state index is 10.8. The molecule has 27 heavy (non-hydrogen) atoms. The Balaban J connectivity index is 2.19. The van der Waals surface area contributed by atoms with Gasteiger partial charge in [-0.25, -0.2) is 0 Å². The summed E-state index contributed by atoms with van der Waals surface area (Å²) >= 11 is 0. The van der Waals surface area contributed by atoms with E-state index in [1.807, 2.05) is 12.1 Å². The monoisotopic (exact) mass is 386 g/mol. The number of ether oxygens (including phenoxy) is 2. The van der Waals surface area contributed by atoms with Crippen molar-refractivity contribution in [2.45, 2.75) is 32.7 Å². The maximum atomic E-state index is 10.8. The molecule has 146 valence electrons. The third kappa shape index (κ3) is 5.51. The highest BCUT2D eigenvalue weighted by Gasteiger charge is 2.49. The molecule has 0 unspecified atom stereocenters. The van der Waals surface area contributed by atoms with E-state index in [9.17, 15) is 4.79 Å².